The Labute approximate surface area is 198 Å². The highest BCUT2D eigenvalue weighted by atomic mass is 32.2. The molecule has 0 bridgehead atoms. The van der Waals surface area contributed by atoms with Crippen molar-refractivity contribution in [1.82, 2.24) is 9.71 Å². The van der Waals surface area contributed by atoms with E-state index in [9.17, 15) is 13.2 Å². The number of aromatic amines is 1. The highest BCUT2D eigenvalue weighted by molar-refractivity contribution is 7.89. The molecule has 1 heterocycles. The average Bonchev–Trinajstić information content (AvgIpc) is 3.28. The third kappa shape index (κ3) is 4.55. The molecule has 0 aliphatic rings. The maximum atomic E-state index is 13.1. The van der Waals surface area contributed by atoms with Crippen LogP contribution in [0.5, 0.6) is 11.5 Å². The molecule has 7 nitrogen and oxygen atoms in total. The summed E-state index contributed by atoms with van der Waals surface area (Å²) in [7, 11) is -0.700. The number of sulfonamides is 1. The van der Waals surface area contributed by atoms with Crippen molar-refractivity contribution in [3.63, 3.8) is 0 Å². The van der Waals surface area contributed by atoms with E-state index in [1.54, 1.807) is 20.3 Å². The number of hydrogen-bond donors (Lipinski definition) is 2. The zero-order chi connectivity index (χ0) is 24.3. The van der Waals surface area contributed by atoms with Gasteiger partial charge in [0.15, 0.2) is 17.3 Å². The van der Waals surface area contributed by atoms with Gasteiger partial charge in [-0.1, -0.05) is 42.5 Å². The Morgan fingerprint density at radius 3 is 2.35 bits per heavy atom. The molecule has 4 rings (SSSR count). The highest BCUT2D eigenvalue weighted by Crippen LogP contribution is 2.40. The van der Waals surface area contributed by atoms with Gasteiger partial charge in [-0.25, -0.2) is 13.1 Å². The van der Waals surface area contributed by atoms with Gasteiger partial charge in [-0.3, -0.25) is 4.79 Å². The Hall–Kier alpha value is -3.62. The largest absolute Gasteiger partial charge is 0.493 e. The van der Waals surface area contributed by atoms with Gasteiger partial charge in [0.1, 0.15) is 0 Å². The number of rotatable bonds is 9. The van der Waals surface area contributed by atoms with Gasteiger partial charge >= 0.3 is 0 Å². The van der Waals surface area contributed by atoms with Crippen molar-refractivity contribution < 1.29 is 22.7 Å². The first-order chi connectivity index (χ1) is 16.4. The van der Waals surface area contributed by atoms with Crippen molar-refractivity contribution in [3.05, 3.63) is 89.6 Å². The first-order valence-corrected chi connectivity index (χ1v) is 12.2. The van der Waals surface area contributed by atoms with E-state index >= 15 is 0 Å². The van der Waals surface area contributed by atoms with Crippen molar-refractivity contribution in [1.29, 1.82) is 0 Å². The van der Waals surface area contributed by atoms with Crippen molar-refractivity contribution in [2.45, 2.75) is 17.7 Å². The van der Waals surface area contributed by atoms with E-state index in [0.29, 0.717) is 17.1 Å². The van der Waals surface area contributed by atoms with E-state index in [4.69, 9.17) is 9.47 Å². The smallest absolute Gasteiger partial charge is 0.240 e. The molecule has 3 aromatic carbocycles. The fourth-order valence-electron chi connectivity index (χ4n) is 4.10. The van der Waals surface area contributed by atoms with Crippen molar-refractivity contribution in [2.75, 3.05) is 20.8 Å². The lowest BCUT2D eigenvalue weighted by atomic mass is 9.90. The fourth-order valence-corrected chi connectivity index (χ4v) is 5.15. The first-order valence-electron chi connectivity index (χ1n) is 10.7. The number of ketones is 1. The summed E-state index contributed by atoms with van der Waals surface area (Å²) in [6.45, 7) is 1.53. The second kappa shape index (κ2) is 9.70. The van der Waals surface area contributed by atoms with E-state index in [1.165, 1.54) is 31.2 Å². The van der Waals surface area contributed by atoms with Crippen LogP contribution < -0.4 is 14.2 Å². The molecule has 0 fully saturated rings. The maximum absolute atomic E-state index is 13.1. The minimum atomic E-state index is -3.83. The van der Waals surface area contributed by atoms with Crippen LogP contribution in [0, 0.1) is 0 Å². The lowest BCUT2D eigenvalue weighted by Gasteiger charge is -2.22. The molecule has 0 aliphatic carbocycles. The van der Waals surface area contributed by atoms with Gasteiger partial charge in [0.25, 0.3) is 0 Å². The minimum absolute atomic E-state index is 0.0855. The molecule has 4 aromatic rings. The van der Waals surface area contributed by atoms with Crippen molar-refractivity contribution >= 4 is 26.7 Å². The van der Waals surface area contributed by atoms with Crippen LogP contribution in [-0.4, -0.2) is 39.9 Å². The van der Waals surface area contributed by atoms with Crippen LogP contribution in [0.4, 0.5) is 0 Å². The van der Waals surface area contributed by atoms with Crippen molar-refractivity contribution in [3.8, 4) is 11.5 Å². The number of Topliss-reactive ketones (excluding diaryl/α,β-unsaturated/α-hetero) is 1. The van der Waals surface area contributed by atoms with Gasteiger partial charge in [0.05, 0.1) is 19.1 Å². The van der Waals surface area contributed by atoms with Crippen LogP contribution in [0.2, 0.25) is 0 Å². The minimum Gasteiger partial charge on any atom is -0.493 e. The number of para-hydroxylation sites is 2. The first kappa shape index (κ1) is 23.5. The van der Waals surface area contributed by atoms with E-state index in [2.05, 4.69) is 9.71 Å². The molecule has 0 spiro atoms. The molecular weight excluding hydrogens is 452 g/mol. The fraction of sp³-hybridized carbons (Fsp3) is 0.192. The summed E-state index contributed by atoms with van der Waals surface area (Å²) in [5.74, 6) is 0.617. The van der Waals surface area contributed by atoms with Gasteiger partial charge < -0.3 is 14.5 Å². The molecule has 8 heteroatoms. The molecule has 0 amide bonds. The molecule has 1 aromatic heterocycles. The van der Waals surface area contributed by atoms with Crippen LogP contribution in [-0.2, 0) is 10.0 Å². The third-order valence-corrected chi connectivity index (χ3v) is 7.29. The number of ether oxygens (including phenoxy) is 2. The van der Waals surface area contributed by atoms with Gasteiger partial charge in [-0.05, 0) is 36.8 Å². The van der Waals surface area contributed by atoms with Crippen LogP contribution in [0.3, 0.4) is 0 Å². The number of methoxy groups -OCH3 is 2. The Bertz CT molecular complexity index is 1430. The molecule has 1 atom stereocenters. The molecule has 0 radical (unpaired) electrons. The normalized spacial score (nSPS) is 12.4. The Kier molecular flexibility index (Phi) is 6.72. The van der Waals surface area contributed by atoms with E-state index in [0.717, 1.165) is 22.0 Å². The van der Waals surface area contributed by atoms with E-state index in [-0.39, 0.29) is 23.1 Å². The van der Waals surface area contributed by atoms with Crippen LogP contribution in [0.15, 0.2) is 77.8 Å². The quantitative estimate of drug-likeness (QED) is 0.345. The number of hydrogen-bond acceptors (Lipinski definition) is 5. The second-order valence-corrected chi connectivity index (χ2v) is 9.62. The molecule has 0 aliphatic heterocycles. The molecule has 34 heavy (non-hydrogen) atoms. The number of carbonyl (C=O) groups excluding carboxylic acids is 1. The number of H-pyrrole nitrogens is 1. The summed E-state index contributed by atoms with van der Waals surface area (Å²) in [5.41, 5.74) is 3.13. The number of nitrogens with one attached hydrogen (secondary N) is 2. The zero-order valence-electron chi connectivity index (χ0n) is 19.2. The highest BCUT2D eigenvalue weighted by Gasteiger charge is 2.26. The second-order valence-electron chi connectivity index (χ2n) is 7.86. The Balaban J connectivity index is 1.75. The summed E-state index contributed by atoms with van der Waals surface area (Å²) in [6, 6.07) is 19.3. The van der Waals surface area contributed by atoms with E-state index in [1.807, 2.05) is 42.6 Å². The van der Waals surface area contributed by atoms with E-state index < -0.39 is 10.0 Å². The number of carbonyl (C=O) groups is 1. The molecule has 0 saturated carbocycles. The van der Waals surface area contributed by atoms with Crippen molar-refractivity contribution in [2.24, 2.45) is 0 Å². The lowest BCUT2D eigenvalue weighted by Crippen LogP contribution is -2.29. The summed E-state index contributed by atoms with van der Waals surface area (Å²) >= 11 is 0. The molecule has 0 saturated heterocycles. The van der Waals surface area contributed by atoms with Crippen LogP contribution in [0.25, 0.3) is 10.9 Å². The summed E-state index contributed by atoms with van der Waals surface area (Å²) in [5, 5.41) is 0.988. The summed E-state index contributed by atoms with van der Waals surface area (Å²) in [6.07, 6.45) is 1.89. The average molecular weight is 479 g/mol. The Morgan fingerprint density at radius 2 is 1.68 bits per heavy atom. The van der Waals surface area contributed by atoms with Gasteiger partial charge in [0.2, 0.25) is 10.0 Å². The third-order valence-electron chi connectivity index (χ3n) is 5.85. The van der Waals surface area contributed by atoms with Gasteiger partial charge in [0, 0.05) is 40.7 Å². The summed E-state index contributed by atoms with van der Waals surface area (Å²) < 4.78 is 40.1. The predicted molar refractivity (Wildman–Crippen MR) is 131 cm³/mol. The number of benzene rings is 3. The van der Waals surface area contributed by atoms with Crippen LogP contribution >= 0.6 is 0 Å². The predicted octanol–water partition coefficient (Wildman–Crippen LogP) is 4.50. The maximum Gasteiger partial charge on any atom is 0.240 e. The molecular formula is C26H26N2O5S. The van der Waals surface area contributed by atoms with Crippen LogP contribution in [0.1, 0.15) is 34.3 Å². The Morgan fingerprint density at radius 1 is 0.941 bits per heavy atom. The van der Waals surface area contributed by atoms with Gasteiger partial charge in [-0.15, -0.1) is 0 Å². The zero-order valence-corrected chi connectivity index (χ0v) is 20.0. The monoisotopic (exact) mass is 478 g/mol. The standard InChI is InChI=1S/C26H26N2O5S/c1-17(29)18-11-13-19(14-12-18)34(30,31)28-16-23(21-8-6-10-25(32-2)26(21)33-3)22-15-27-24-9-5-4-7-20(22)24/h4-15,23,27-28H,16H2,1-3H3. The summed E-state index contributed by atoms with van der Waals surface area (Å²) in [4.78, 5) is 14.9. The number of fused-ring (bicyclic) bond motifs is 1. The molecule has 2 N–H and O–H groups in total. The van der Waals surface area contributed by atoms with Gasteiger partial charge in [-0.2, -0.15) is 0 Å². The molecule has 176 valence electrons. The SMILES string of the molecule is COc1cccc(C(CNS(=O)(=O)c2ccc(C(C)=O)cc2)c2c[nH]c3ccccc23)c1OC. The lowest BCUT2D eigenvalue weighted by molar-refractivity contribution is 0.101. The number of aromatic nitrogens is 1. The molecule has 1 unspecified atom stereocenters. The topological polar surface area (TPSA) is 97.5 Å².